The second-order valence-electron chi connectivity index (χ2n) is 4.94. The number of rotatable bonds is 4. The number of hydrogen-bond acceptors (Lipinski definition) is 3. The summed E-state index contributed by atoms with van der Waals surface area (Å²) in [5, 5.41) is 0.528. The number of benzene rings is 2. The van der Waals surface area contributed by atoms with Gasteiger partial charge in [-0.1, -0.05) is 41.9 Å². The number of hydrogen-bond donors (Lipinski definition) is 0. The fraction of sp³-hybridized carbons (Fsp3) is 0.176. The van der Waals surface area contributed by atoms with Crippen LogP contribution in [0.15, 0.2) is 54.6 Å². The Morgan fingerprint density at radius 1 is 1.00 bits per heavy atom. The molecular weight excluding hydrogens is 302 g/mol. The highest BCUT2D eigenvalue weighted by Gasteiger charge is 2.26. The molecule has 0 aliphatic carbocycles. The van der Waals surface area contributed by atoms with Crippen molar-refractivity contribution in [2.45, 2.75) is 6.10 Å². The van der Waals surface area contributed by atoms with E-state index >= 15 is 0 Å². The Hall–Kier alpha value is -2.33. The second-order valence-corrected chi connectivity index (χ2v) is 5.37. The summed E-state index contributed by atoms with van der Waals surface area (Å²) in [6, 6.07) is 15.2. The molecule has 0 N–H and O–H groups in total. The molecule has 0 aromatic heterocycles. The predicted molar refractivity (Wildman–Crippen MR) is 84.7 cm³/mol. The largest absolute Gasteiger partial charge is 0.444 e. The highest BCUT2D eigenvalue weighted by Crippen LogP contribution is 2.21. The van der Waals surface area contributed by atoms with E-state index in [4.69, 9.17) is 16.3 Å². The van der Waals surface area contributed by atoms with Crippen molar-refractivity contribution in [3.63, 3.8) is 0 Å². The molecule has 1 atom stereocenters. The van der Waals surface area contributed by atoms with Crippen LogP contribution >= 0.6 is 11.6 Å². The Kier molecular flexibility index (Phi) is 5.17. The SMILES string of the molecule is CN(C)C(=O)[C@H](OC(=O)c1ccc(Cl)cc1)c1ccccc1. The first-order valence-electron chi connectivity index (χ1n) is 6.71. The fourth-order valence-electron chi connectivity index (χ4n) is 1.88. The lowest BCUT2D eigenvalue weighted by molar-refractivity contribution is -0.138. The van der Waals surface area contributed by atoms with E-state index in [2.05, 4.69) is 0 Å². The van der Waals surface area contributed by atoms with E-state index in [0.29, 0.717) is 16.1 Å². The number of ether oxygens (including phenoxy) is 1. The lowest BCUT2D eigenvalue weighted by Crippen LogP contribution is -2.31. The molecule has 0 aliphatic heterocycles. The molecule has 0 radical (unpaired) electrons. The molecular formula is C17H16ClNO3. The average Bonchev–Trinajstić information content (AvgIpc) is 2.53. The third-order valence-electron chi connectivity index (χ3n) is 3.07. The molecule has 0 aliphatic rings. The summed E-state index contributed by atoms with van der Waals surface area (Å²) in [6.07, 6.45) is -0.973. The lowest BCUT2D eigenvalue weighted by atomic mass is 10.1. The summed E-state index contributed by atoms with van der Waals surface area (Å²) in [4.78, 5) is 25.9. The molecule has 5 heteroatoms. The van der Waals surface area contributed by atoms with E-state index < -0.39 is 12.1 Å². The lowest BCUT2D eigenvalue weighted by Gasteiger charge is -2.21. The second kappa shape index (κ2) is 7.09. The van der Waals surface area contributed by atoms with Crippen LogP contribution < -0.4 is 0 Å². The maximum atomic E-state index is 12.3. The number of likely N-dealkylation sites (N-methyl/N-ethyl adjacent to an activating group) is 1. The molecule has 22 heavy (non-hydrogen) atoms. The van der Waals surface area contributed by atoms with E-state index in [-0.39, 0.29) is 5.91 Å². The van der Waals surface area contributed by atoms with Gasteiger partial charge in [-0.25, -0.2) is 4.79 Å². The minimum Gasteiger partial charge on any atom is -0.444 e. The Bertz CT molecular complexity index is 653. The van der Waals surface area contributed by atoms with Gasteiger partial charge < -0.3 is 9.64 Å². The third-order valence-corrected chi connectivity index (χ3v) is 3.32. The quantitative estimate of drug-likeness (QED) is 0.813. The van der Waals surface area contributed by atoms with Crippen LogP contribution in [0.25, 0.3) is 0 Å². The zero-order valence-electron chi connectivity index (χ0n) is 12.3. The van der Waals surface area contributed by atoms with E-state index in [1.54, 1.807) is 62.6 Å². The Labute approximate surface area is 134 Å². The molecule has 0 bridgehead atoms. The summed E-state index contributed by atoms with van der Waals surface area (Å²) in [6.45, 7) is 0. The Balaban J connectivity index is 2.25. The van der Waals surface area contributed by atoms with Gasteiger partial charge in [-0.2, -0.15) is 0 Å². The highest BCUT2D eigenvalue weighted by atomic mass is 35.5. The molecule has 2 rings (SSSR count). The first-order chi connectivity index (χ1) is 10.5. The Morgan fingerprint density at radius 2 is 1.59 bits per heavy atom. The Morgan fingerprint density at radius 3 is 2.14 bits per heavy atom. The van der Waals surface area contributed by atoms with Crippen molar-refractivity contribution in [2.24, 2.45) is 0 Å². The zero-order chi connectivity index (χ0) is 16.1. The molecule has 0 saturated carbocycles. The van der Waals surface area contributed by atoms with Crippen LogP contribution in [0.3, 0.4) is 0 Å². The molecule has 0 saturated heterocycles. The van der Waals surface area contributed by atoms with E-state index in [1.807, 2.05) is 6.07 Å². The van der Waals surface area contributed by atoms with Gasteiger partial charge in [-0.3, -0.25) is 4.79 Å². The normalized spacial score (nSPS) is 11.6. The smallest absolute Gasteiger partial charge is 0.339 e. The molecule has 0 spiro atoms. The standard InChI is InChI=1S/C17H16ClNO3/c1-19(2)16(20)15(12-6-4-3-5-7-12)22-17(21)13-8-10-14(18)11-9-13/h3-11,15H,1-2H3/t15-/m1/s1. The van der Waals surface area contributed by atoms with E-state index in [9.17, 15) is 9.59 Å². The van der Waals surface area contributed by atoms with Gasteiger partial charge in [0.1, 0.15) is 0 Å². The zero-order valence-corrected chi connectivity index (χ0v) is 13.1. The fourth-order valence-corrected chi connectivity index (χ4v) is 2.01. The third kappa shape index (κ3) is 3.86. The molecule has 1 amide bonds. The van der Waals surface area contributed by atoms with Crippen LogP contribution in [-0.4, -0.2) is 30.9 Å². The number of carbonyl (C=O) groups excluding carboxylic acids is 2. The van der Waals surface area contributed by atoms with Gasteiger partial charge in [0.15, 0.2) is 0 Å². The van der Waals surface area contributed by atoms with Gasteiger partial charge in [0.25, 0.3) is 5.91 Å². The number of esters is 1. The molecule has 0 fully saturated rings. The molecule has 114 valence electrons. The van der Waals surface area contributed by atoms with E-state index in [1.165, 1.54) is 4.90 Å². The number of carbonyl (C=O) groups is 2. The molecule has 2 aromatic carbocycles. The van der Waals surface area contributed by atoms with Crippen molar-refractivity contribution < 1.29 is 14.3 Å². The molecule has 2 aromatic rings. The van der Waals surface area contributed by atoms with Crippen LogP contribution in [0.5, 0.6) is 0 Å². The van der Waals surface area contributed by atoms with Crippen LogP contribution in [0.1, 0.15) is 22.0 Å². The van der Waals surface area contributed by atoms with Gasteiger partial charge in [0.2, 0.25) is 6.10 Å². The van der Waals surface area contributed by atoms with Crippen LogP contribution in [0.2, 0.25) is 5.02 Å². The first-order valence-corrected chi connectivity index (χ1v) is 7.09. The van der Waals surface area contributed by atoms with Crippen molar-refractivity contribution in [3.8, 4) is 0 Å². The summed E-state index contributed by atoms with van der Waals surface area (Å²) in [5.41, 5.74) is 0.973. The average molecular weight is 318 g/mol. The number of amides is 1. The van der Waals surface area contributed by atoms with Crippen molar-refractivity contribution in [1.29, 1.82) is 0 Å². The van der Waals surface area contributed by atoms with E-state index in [0.717, 1.165) is 0 Å². The van der Waals surface area contributed by atoms with Gasteiger partial charge in [-0.05, 0) is 24.3 Å². The summed E-state index contributed by atoms with van der Waals surface area (Å²) in [7, 11) is 3.24. The minimum absolute atomic E-state index is 0.298. The van der Waals surface area contributed by atoms with Crippen LogP contribution in [0, 0.1) is 0 Å². The number of halogens is 1. The van der Waals surface area contributed by atoms with Gasteiger partial charge in [0.05, 0.1) is 5.56 Å². The maximum absolute atomic E-state index is 12.3. The van der Waals surface area contributed by atoms with Crippen LogP contribution in [0.4, 0.5) is 0 Å². The van der Waals surface area contributed by atoms with Crippen LogP contribution in [-0.2, 0) is 9.53 Å². The summed E-state index contributed by atoms with van der Waals surface area (Å²) >= 11 is 5.80. The van der Waals surface area contributed by atoms with Crippen molar-refractivity contribution in [3.05, 3.63) is 70.7 Å². The van der Waals surface area contributed by atoms with Gasteiger partial charge >= 0.3 is 5.97 Å². The predicted octanol–water partition coefficient (Wildman–Crippen LogP) is 3.33. The van der Waals surface area contributed by atoms with Crippen molar-refractivity contribution >= 4 is 23.5 Å². The molecule has 4 nitrogen and oxygen atoms in total. The topological polar surface area (TPSA) is 46.6 Å². The number of nitrogens with zero attached hydrogens (tertiary/aromatic N) is 1. The minimum atomic E-state index is -0.973. The summed E-state index contributed by atoms with van der Waals surface area (Å²) in [5.74, 6) is -0.866. The van der Waals surface area contributed by atoms with Gasteiger partial charge in [0, 0.05) is 24.7 Å². The maximum Gasteiger partial charge on any atom is 0.339 e. The molecule has 0 heterocycles. The molecule has 0 unspecified atom stereocenters. The summed E-state index contributed by atoms with van der Waals surface area (Å²) < 4.78 is 5.41. The van der Waals surface area contributed by atoms with Gasteiger partial charge in [-0.15, -0.1) is 0 Å². The highest BCUT2D eigenvalue weighted by molar-refractivity contribution is 6.30. The first kappa shape index (κ1) is 16.0. The van der Waals surface area contributed by atoms with Crippen molar-refractivity contribution in [1.82, 2.24) is 4.90 Å². The monoisotopic (exact) mass is 317 g/mol. The van der Waals surface area contributed by atoms with Crippen molar-refractivity contribution in [2.75, 3.05) is 14.1 Å².